The molecule has 0 bridgehead atoms. The third kappa shape index (κ3) is 3.96. The minimum absolute atomic E-state index is 0.122. The van der Waals surface area contributed by atoms with Gasteiger partial charge >= 0.3 is 6.03 Å². The Kier molecular flexibility index (Phi) is 4.55. The molecule has 2 N–H and O–H groups in total. The molecular formula is C13H13ClN2O3S2. The van der Waals surface area contributed by atoms with Gasteiger partial charge in [-0.1, -0.05) is 11.6 Å². The molecule has 2 rings (SSSR count). The highest BCUT2D eigenvalue weighted by Gasteiger charge is 2.21. The lowest BCUT2D eigenvalue weighted by molar-refractivity contribution is 0.256. The van der Waals surface area contributed by atoms with E-state index in [0.29, 0.717) is 15.6 Å². The van der Waals surface area contributed by atoms with Gasteiger partial charge in [0.2, 0.25) is 0 Å². The summed E-state index contributed by atoms with van der Waals surface area (Å²) >= 11 is 7.09. The Balaban J connectivity index is 2.11. The van der Waals surface area contributed by atoms with Gasteiger partial charge in [0, 0.05) is 20.5 Å². The number of anilines is 1. The van der Waals surface area contributed by atoms with Crippen LogP contribution < -0.4 is 10.0 Å². The van der Waals surface area contributed by atoms with E-state index in [4.69, 9.17) is 11.6 Å². The number of hydrogen-bond acceptors (Lipinski definition) is 4. The van der Waals surface area contributed by atoms with Crippen molar-refractivity contribution in [3.8, 4) is 0 Å². The van der Waals surface area contributed by atoms with Crippen molar-refractivity contribution in [2.45, 2.75) is 18.7 Å². The van der Waals surface area contributed by atoms with Gasteiger partial charge < -0.3 is 5.32 Å². The number of carbonyl (C=O) groups excluding carboxylic acids is 1. The second-order valence-corrected chi connectivity index (χ2v) is 7.89. The molecule has 0 aliphatic heterocycles. The lowest BCUT2D eigenvalue weighted by Gasteiger charge is -2.08. The molecule has 2 aromatic rings. The maximum atomic E-state index is 12.1. The summed E-state index contributed by atoms with van der Waals surface area (Å²) in [7, 11) is -3.88. The number of thiophene rings is 1. The quantitative estimate of drug-likeness (QED) is 0.894. The number of urea groups is 1. The summed E-state index contributed by atoms with van der Waals surface area (Å²) in [6, 6.07) is 7.07. The molecule has 0 spiro atoms. The van der Waals surface area contributed by atoms with Gasteiger partial charge in [-0.25, -0.2) is 17.9 Å². The van der Waals surface area contributed by atoms with Crippen LogP contribution in [0.2, 0.25) is 5.02 Å². The smallest absolute Gasteiger partial charge is 0.307 e. The highest BCUT2D eigenvalue weighted by Crippen LogP contribution is 2.24. The Bertz CT molecular complexity index is 767. The van der Waals surface area contributed by atoms with Gasteiger partial charge in [0.25, 0.3) is 10.0 Å². The molecule has 21 heavy (non-hydrogen) atoms. The summed E-state index contributed by atoms with van der Waals surface area (Å²) in [5.74, 6) is 0. The number of rotatable bonds is 3. The lowest BCUT2D eigenvalue weighted by atomic mass is 10.3. The van der Waals surface area contributed by atoms with Crippen LogP contribution in [0.5, 0.6) is 0 Å². The van der Waals surface area contributed by atoms with Crippen LogP contribution in [-0.4, -0.2) is 14.4 Å². The fraction of sp³-hybridized carbons (Fsp3) is 0.154. The summed E-state index contributed by atoms with van der Waals surface area (Å²) in [5, 5.41) is 2.96. The largest absolute Gasteiger partial charge is 0.333 e. The SMILES string of the molecule is Cc1cc(S(=O)(=O)NC(=O)Nc2ccc(Cl)cc2)c(C)s1. The first-order valence-corrected chi connectivity index (χ1v) is 8.62. The van der Waals surface area contributed by atoms with Crippen LogP contribution in [0.3, 0.4) is 0 Å². The molecule has 0 atom stereocenters. The highest BCUT2D eigenvalue weighted by atomic mass is 35.5. The van der Waals surface area contributed by atoms with E-state index in [1.54, 1.807) is 31.2 Å². The molecule has 0 aliphatic rings. The van der Waals surface area contributed by atoms with Crippen molar-refractivity contribution in [2.24, 2.45) is 0 Å². The second kappa shape index (κ2) is 6.05. The number of hydrogen-bond donors (Lipinski definition) is 2. The molecule has 0 aliphatic carbocycles. The van der Waals surface area contributed by atoms with Crippen molar-refractivity contribution in [3.63, 3.8) is 0 Å². The van der Waals surface area contributed by atoms with E-state index in [9.17, 15) is 13.2 Å². The number of halogens is 1. The van der Waals surface area contributed by atoms with Gasteiger partial charge in [0.15, 0.2) is 0 Å². The van der Waals surface area contributed by atoms with E-state index in [0.717, 1.165) is 4.88 Å². The average molecular weight is 345 g/mol. The zero-order valence-corrected chi connectivity index (χ0v) is 13.7. The predicted molar refractivity (Wildman–Crippen MR) is 84.6 cm³/mol. The van der Waals surface area contributed by atoms with Gasteiger partial charge in [-0.05, 0) is 44.2 Å². The fourth-order valence-electron chi connectivity index (χ4n) is 1.74. The maximum Gasteiger partial charge on any atom is 0.333 e. The van der Waals surface area contributed by atoms with Crippen LogP contribution in [0.1, 0.15) is 9.75 Å². The first-order chi connectivity index (χ1) is 9.78. The van der Waals surface area contributed by atoms with Crippen molar-refractivity contribution in [1.29, 1.82) is 0 Å². The molecule has 1 aromatic heterocycles. The normalized spacial score (nSPS) is 11.2. The summed E-state index contributed by atoms with van der Waals surface area (Å²) < 4.78 is 26.3. The Labute approximate surface area is 132 Å². The standard InChI is InChI=1S/C13H13ClN2O3S2/c1-8-7-12(9(2)20-8)21(18,19)16-13(17)15-11-5-3-10(14)4-6-11/h3-7H,1-2H3,(H2,15,16,17). The molecule has 5 nitrogen and oxygen atoms in total. The van der Waals surface area contributed by atoms with Gasteiger partial charge in [0.05, 0.1) is 0 Å². The molecule has 0 radical (unpaired) electrons. The lowest BCUT2D eigenvalue weighted by Crippen LogP contribution is -2.34. The van der Waals surface area contributed by atoms with Crippen molar-refractivity contribution >= 4 is 44.7 Å². The number of aryl methyl sites for hydroxylation is 2. The van der Waals surface area contributed by atoms with E-state index in [-0.39, 0.29) is 4.90 Å². The molecule has 112 valence electrons. The van der Waals surface area contributed by atoms with E-state index >= 15 is 0 Å². The van der Waals surface area contributed by atoms with Crippen LogP contribution >= 0.6 is 22.9 Å². The maximum absolute atomic E-state index is 12.1. The first kappa shape index (κ1) is 15.8. The summed E-state index contributed by atoms with van der Waals surface area (Å²) in [4.78, 5) is 13.4. The summed E-state index contributed by atoms with van der Waals surface area (Å²) in [6.07, 6.45) is 0. The number of carbonyl (C=O) groups is 1. The van der Waals surface area contributed by atoms with Gasteiger partial charge in [-0.2, -0.15) is 0 Å². The second-order valence-electron chi connectivity index (χ2n) is 4.34. The highest BCUT2D eigenvalue weighted by molar-refractivity contribution is 7.90. The van der Waals surface area contributed by atoms with Crippen LogP contribution in [0.25, 0.3) is 0 Å². The first-order valence-electron chi connectivity index (χ1n) is 5.94. The molecule has 0 saturated carbocycles. The fourth-order valence-corrected chi connectivity index (χ4v) is 4.33. The molecule has 0 saturated heterocycles. The summed E-state index contributed by atoms with van der Waals surface area (Å²) in [6.45, 7) is 3.51. The molecule has 1 heterocycles. The van der Waals surface area contributed by atoms with Crippen LogP contribution in [0.15, 0.2) is 35.2 Å². The van der Waals surface area contributed by atoms with E-state index in [1.807, 2.05) is 11.6 Å². The minimum atomic E-state index is -3.88. The summed E-state index contributed by atoms with van der Waals surface area (Å²) in [5.41, 5.74) is 0.449. The van der Waals surface area contributed by atoms with Crippen molar-refractivity contribution < 1.29 is 13.2 Å². The average Bonchev–Trinajstić information content (AvgIpc) is 2.71. The molecule has 2 amide bonds. The van der Waals surface area contributed by atoms with Crippen molar-refractivity contribution in [3.05, 3.63) is 45.1 Å². The number of amides is 2. The zero-order valence-electron chi connectivity index (χ0n) is 11.3. The monoisotopic (exact) mass is 344 g/mol. The third-order valence-electron chi connectivity index (χ3n) is 2.61. The molecular weight excluding hydrogens is 332 g/mol. The Morgan fingerprint density at radius 2 is 1.81 bits per heavy atom. The van der Waals surface area contributed by atoms with Crippen molar-refractivity contribution in [1.82, 2.24) is 4.72 Å². The van der Waals surface area contributed by atoms with Crippen LogP contribution in [-0.2, 0) is 10.0 Å². The van der Waals surface area contributed by atoms with Gasteiger partial charge in [-0.15, -0.1) is 11.3 Å². The zero-order chi connectivity index (χ0) is 15.6. The molecule has 0 unspecified atom stereocenters. The van der Waals surface area contributed by atoms with E-state index in [1.165, 1.54) is 17.4 Å². The topological polar surface area (TPSA) is 75.3 Å². The number of nitrogens with one attached hydrogen (secondary N) is 2. The van der Waals surface area contributed by atoms with Crippen LogP contribution in [0.4, 0.5) is 10.5 Å². The van der Waals surface area contributed by atoms with Crippen LogP contribution in [0, 0.1) is 13.8 Å². The van der Waals surface area contributed by atoms with E-state index < -0.39 is 16.1 Å². The number of benzene rings is 1. The van der Waals surface area contributed by atoms with Gasteiger partial charge in [0.1, 0.15) is 4.90 Å². The molecule has 1 aromatic carbocycles. The predicted octanol–water partition coefficient (Wildman–Crippen LogP) is 3.53. The Morgan fingerprint density at radius 1 is 1.19 bits per heavy atom. The minimum Gasteiger partial charge on any atom is -0.307 e. The molecule has 0 fully saturated rings. The van der Waals surface area contributed by atoms with Crippen molar-refractivity contribution in [2.75, 3.05) is 5.32 Å². The third-order valence-corrected chi connectivity index (χ3v) is 5.42. The van der Waals surface area contributed by atoms with E-state index in [2.05, 4.69) is 5.32 Å². The Hall–Kier alpha value is -1.57. The molecule has 8 heteroatoms. The Morgan fingerprint density at radius 3 is 2.33 bits per heavy atom. The number of sulfonamides is 1. The van der Waals surface area contributed by atoms with Gasteiger partial charge in [-0.3, -0.25) is 0 Å².